The highest BCUT2D eigenvalue weighted by atomic mass is 79.9. The first-order chi connectivity index (χ1) is 10.1. The molecule has 0 saturated carbocycles. The maximum Gasteiger partial charge on any atom is 0.128 e. The number of rotatable bonds is 5. The van der Waals surface area contributed by atoms with E-state index in [-0.39, 0.29) is 5.82 Å². The molecule has 112 valence electrons. The molecule has 4 nitrogen and oxygen atoms in total. The highest BCUT2D eigenvalue weighted by Gasteiger charge is 2.24. The van der Waals surface area contributed by atoms with Gasteiger partial charge < -0.3 is 9.47 Å². The lowest BCUT2D eigenvalue weighted by Gasteiger charge is -2.22. The molecule has 1 atom stereocenters. The Hall–Kier alpha value is -1.63. The fraction of sp³-hybridized carbons (Fsp3) is 0.200. The Balaban J connectivity index is 2.63. The van der Waals surface area contributed by atoms with Gasteiger partial charge in [-0.3, -0.25) is 5.84 Å². The van der Waals surface area contributed by atoms with E-state index in [1.54, 1.807) is 44.6 Å². The summed E-state index contributed by atoms with van der Waals surface area (Å²) >= 11 is 3.34. The molecule has 0 radical (unpaired) electrons. The zero-order valence-corrected chi connectivity index (χ0v) is 13.3. The Labute approximate surface area is 131 Å². The van der Waals surface area contributed by atoms with Gasteiger partial charge in [-0.15, -0.1) is 0 Å². The molecule has 0 bridgehead atoms. The molecule has 1 unspecified atom stereocenters. The van der Waals surface area contributed by atoms with E-state index in [4.69, 9.17) is 15.3 Å². The molecule has 0 spiro atoms. The lowest BCUT2D eigenvalue weighted by atomic mass is 9.97. The van der Waals surface area contributed by atoms with Crippen LogP contribution in [-0.2, 0) is 0 Å². The standard InChI is InChI=1S/C15H16BrFN2O2/c1-20-12-4-3-5-13(21-2)14(12)15(19-18)10-8-9(16)6-7-11(10)17/h3-8,15,19H,18H2,1-2H3. The maximum atomic E-state index is 14.2. The fourth-order valence-corrected chi connectivity index (χ4v) is 2.61. The summed E-state index contributed by atoms with van der Waals surface area (Å²) in [6, 6.07) is 9.43. The van der Waals surface area contributed by atoms with Crippen molar-refractivity contribution in [3.05, 3.63) is 57.8 Å². The second kappa shape index (κ2) is 6.89. The topological polar surface area (TPSA) is 56.5 Å². The van der Waals surface area contributed by atoms with Crippen LogP contribution in [0.15, 0.2) is 40.9 Å². The summed E-state index contributed by atoms with van der Waals surface area (Å²) in [5.74, 6) is 6.43. The second-order valence-corrected chi connectivity index (χ2v) is 5.26. The fourth-order valence-electron chi connectivity index (χ4n) is 2.23. The van der Waals surface area contributed by atoms with Crippen LogP contribution < -0.4 is 20.7 Å². The van der Waals surface area contributed by atoms with Crippen molar-refractivity contribution in [3.63, 3.8) is 0 Å². The molecule has 0 aliphatic heterocycles. The maximum absolute atomic E-state index is 14.2. The molecular formula is C15H16BrFN2O2. The van der Waals surface area contributed by atoms with Crippen LogP contribution in [0.4, 0.5) is 4.39 Å². The van der Waals surface area contributed by atoms with Crippen molar-refractivity contribution >= 4 is 15.9 Å². The van der Waals surface area contributed by atoms with Crippen LogP contribution in [0, 0.1) is 5.82 Å². The van der Waals surface area contributed by atoms with Crippen LogP contribution in [0.1, 0.15) is 17.2 Å². The van der Waals surface area contributed by atoms with Crippen molar-refractivity contribution in [2.24, 2.45) is 5.84 Å². The van der Waals surface area contributed by atoms with Gasteiger partial charge >= 0.3 is 0 Å². The van der Waals surface area contributed by atoms with E-state index in [9.17, 15) is 4.39 Å². The number of halogens is 2. The number of benzene rings is 2. The number of methoxy groups -OCH3 is 2. The molecule has 2 aromatic carbocycles. The molecule has 3 N–H and O–H groups in total. The van der Waals surface area contributed by atoms with Gasteiger partial charge in [0.05, 0.1) is 25.8 Å². The van der Waals surface area contributed by atoms with Crippen molar-refractivity contribution in [3.8, 4) is 11.5 Å². The first kappa shape index (κ1) is 15.8. The highest BCUT2D eigenvalue weighted by molar-refractivity contribution is 9.10. The van der Waals surface area contributed by atoms with Crippen LogP contribution in [0.5, 0.6) is 11.5 Å². The zero-order valence-electron chi connectivity index (χ0n) is 11.7. The third-order valence-electron chi connectivity index (χ3n) is 3.19. The van der Waals surface area contributed by atoms with Crippen LogP contribution in [0.2, 0.25) is 0 Å². The van der Waals surface area contributed by atoms with Gasteiger partial charge in [0, 0.05) is 10.0 Å². The van der Waals surface area contributed by atoms with Crippen molar-refractivity contribution in [2.45, 2.75) is 6.04 Å². The lowest BCUT2D eigenvalue weighted by Crippen LogP contribution is -2.30. The Kier molecular flexibility index (Phi) is 5.17. The van der Waals surface area contributed by atoms with E-state index in [1.807, 2.05) is 0 Å². The average Bonchev–Trinajstić information content (AvgIpc) is 2.51. The first-order valence-corrected chi connectivity index (χ1v) is 7.03. The van der Waals surface area contributed by atoms with Gasteiger partial charge in [0.2, 0.25) is 0 Å². The Morgan fingerprint density at radius 1 is 1.14 bits per heavy atom. The summed E-state index contributed by atoms with van der Waals surface area (Å²) in [5, 5.41) is 0. The number of hydrogen-bond donors (Lipinski definition) is 2. The first-order valence-electron chi connectivity index (χ1n) is 6.24. The summed E-state index contributed by atoms with van der Waals surface area (Å²) in [6.07, 6.45) is 0. The lowest BCUT2D eigenvalue weighted by molar-refractivity contribution is 0.376. The van der Waals surface area contributed by atoms with Gasteiger partial charge in [0.1, 0.15) is 17.3 Å². The molecule has 0 aromatic heterocycles. The van der Waals surface area contributed by atoms with Crippen LogP contribution >= 0.6 is 15.9 Å². The quantitative estimate of drug-likeness (QED) is 0.639. The largest absolute Gasteiger partial charge is 0.496 e. The van der Waals surface area contributed by atoms with Crippen molar-refractivity contribution in [1.82, 2.24) is 5.43 Å². The third-order valence-corrected chi connectivity index (χ3v) is 3.68. The van der Waals surface area contributed by atoms with Crippen molar-refractivity contribution in [2.75, 3.05) is 14.2 Å². The van der Waals surface area contributed by atoms with E-state index < -0.39 is 6.04 Å². The summed E-state index contributed by atoms with van der Waals surface area (Å²) in [6.45, 7) is 0. The second-order valence-electron chi connectivity index (χ2n) is 4.34. The Morgan fingerprint density at radius 3 is 2.29 bits per heavy atom. The molecular weight excluding hydrogens is 339 g/mol. The Morgan fingerprint density at radius 2 is 1.76 bits per heavy atom. The SMILES string of the molecule is COc1cccc(OC)c1C(NN)c1cc(Br)ccc1F. The monoisotopic (exact) mass is 354 g/mol. The molecule has 6 heteroatoms. The predicted octanol–water partition coefficient (Wildman–Crippen LogP) is 3.16. The summed E-state index contributed by atoms with van der Waals surface area (Å²) < 4.78 is 25.6. The summed E-state index contributed by atoms with van der Waals surface area (Å²) in [5.41, 5.74) is 3.67. The highest BCUT2D eigenvalue weighted by Crippen LogP contribution is 2.38. The van der Waals surface area contributed by atoms with Gasteiger partial charge in [-0.1, -0.05) is 22.0 Å². The van der Waals surface area contributed by atoms with Gasteiger partial charge in [-0.2, -0.15) is 0 Å². The minimum atomic E-state index is -0.603. The van der Waals surface area contributed by atoms with Crippen LogP contribution in [0.3, 0.4) is 0 Å². The Bertz CT molecular complexity index is 615. The number of nitrogens with two attached hydrogens (primary N) is 1. The molecule has 0 fully saturated rings. The summed E-state index contributed by atoms with van der Waals surface area (Å²) in [7, 11) is 3.09. The van der Waals surface area contributed by atoms with E-state index in [2.05, 4.69) is 21.4 Å². The van der Waals surface area contributed by atoms with E-state index >= 15 is 0 Å². The van der Waals surface area contributed by atoms with Crippen molar-refractivity contribution < 1.29 is 13.9 Å². The van der Waals surface area contributed by atoms with Gasteiger partial charge in [0.25, 0.3) is 0 Å². The minimum absolute atomic E-state index is 0.367. The van der Waals surface area contributed by atoms with Crippen LogP contribution in [-0.4, -0.2) is 14.2 Å². The van der Waals surface area contributed by atoms with Crippen LogP contribution in [0.25, 0.3) is 0 Å². The minimum Gasteiger partial charge on any atom is -0.496 e. The molecule has 0 heterocycles. The van der Waals surface area contributed by atoms with E-state index in [0.29, 0.717) is 22.6 Å². The van der Waals surface area contributed by atoms with Gasteiger partial charge in [-0.25, -0.2) is 9.82 Å². The van der Waals surface area contributed by atoms with E-state index in [0.717, 1.165) is 4.47 Å². The molecule has 0 amide bonds. The molecule has 2 aromatic rings. The molecule has 2 rings (SSSR count). The van der Waals surface area contributed by atoms with Gasteiger partial charge in [-0.05, 0) is 30.3 Å². The average molecular weight is 355 g/mol. The van der Waals surface area contributed by atoms with Gasteiger partial charge in [0.15, 0.2) is 0 Å². The number of nitrogens with one attached hydrogen (secondary N) is 1. The molecule has 0 saturated heterocycles. The van der Waals surface area contributed by atoms with E-state index in [1.165, 1.54) is 6.07 Å². The smallest absolute Gasteiger partial charge is 0.128 e. The molecule has 21 heavy (non-hydrogen) atoms. The number of hydrogen-bond acceptors (Lipinski definition) is 4. The number of hydrazine groups is 1. The predicted molar refractivity (Wildman–Crippen MR) is 82.8 cm³/mol. The molecule has 0 aliphatic carbocycles. The number of ether oxygens (including phenoxy) is 2. The zero-order chi connectivity index (χ0) is 15.4. The third kappa shape index (κ3) is 3.18. The normalized spacial score (nSPS) is 12.0. The molecule has 0 aliphatic rings. The summed E-state index contributed by atoms with van der Waals surface area (Å²) in [4.78, 5) is 0. The van der Waals surface area contributed by atoms with Crippen molar-refractivity contribution in [1.29, 1.82) is 0 Å².